The molecule has 3 fully saturated rings. The van der Waals surface area contributed by atoms with Crippen molar-refractivity contribution in [1.82, 2.24) is 4.90 Å². The zero-order valence-electron chi connectivity index (χ0n) is 22.1. The van der Waals surface area contributed by atoms with Crippen LogP contribution in [0, 0.1) is 46.8 Å². The van der Waals surface area contributed by atoms with Crippen LogP contribution in [0.15, 0.2) is 35.9 Å². The normalized spacial score (nSPS) is 31.8. The van der Waals surface area contributed by atoms with Gasteiger partial charge < -0.3 is 5.11 Å². The number of amides is 4. The second kappa shape index (κ2) is 9.75. The third-order valence-corrected chi connectivity index (χ3v) is 10.4. The monoisotopic (exact) mass is 642 g/mol. The minimum Gasteiger partial charge on any atom is -0.508 e. The van der Waals surface area contributed by atoms with Gasteiger partial charge in [0.25, 0.3) is 11.8 Å². The summed E-state index contributed by atoms with van der Waals surface area (Å²) in [5.74, 6) is -20.8. The SMILES string of the molecule is CCCN1C(=O)[C@H]2[C@H](CC=C3[C@H]2C[C@@]2(Cl)C(=O)N(c4c(F)c(F)c(F)c(F)c4F)C(=O)[C@@]2(Cl)[C@H]3c2cccc(O)c2)C1=O. The van der Waals surface area contributed by atoms with Gasteiger partial charge in [0, 0.05) is 12.5 Å². The first kappa shape index (κ1) is 29.6. The molecule has 43 heavy (non-hydrogen) atoms. The van der Waals surface area contributed by atoms with E-state index in [0.29, 0.717) is 12.0 Å². The molecule has 14 heteroatoms. The second-order valence-electron chi connectivity index (χ2n) is 11.1. The van der Waals surface area contributed by atoms with E-state index < -0.39 is 98.2 Å². The highest BCUT2D eigenvalue weighted by molar-refractivity contribution is 6.58. The van der Waals surface area contributed by atoms with Crippen LogP contribution < -0.4 is 4.90 Å². The van der Waals surface area contributed by atoms with Crippen molar-refractivity contribution in [3.05, 3.63) is 70.6 Å². The van der Waals surface area contributed by atoms with Crippen LogP contribution in [0.3, 0.4) is 0 Å². The number of carbonyl (C=O) groups excluding carboxylic acids is 4. The summed E-state index contributed by atoms with van der Waals surface area (Å²) in [5, 5.41) is 10.3. The van der Waals surface area contributed by atoms with Crippen molar-refractivity contribution < 1.29 is 46.2 Å². The van der Waals surface area contributed by atoms with Crippen LogP contribution in [0.4, 0.5) is 27.6 Å². The fourth-order valence-electron chi connectivity index (χ4n) is 7.15. The standard InChI is InChI=1S/C29H21Cl2F5N2O5/c1-2-8-37-24(40)14-7-6-13-15(16(14)25(37)41)10-28(30)26(42)38(23-21(35)19(33)18(32)20(34)22(23)36)27(43)29(28,31)17(13)11-4-3-5-12(39)9-11/h3-6,9,14-17,39H,2,7-8,10H2,1H3/t14-,15+,16-,17-,28+,29-/m0/s1. The van der Waals surface area contributed by atoms with E-state index in [1.54, 1.807) is 13.0 Å². The molecule has 4 aliphatic rings. The molecule has 4 amide bonds. The van der Waals surface area contributed by atoms with Crippen LogP contribution in [0.25, 0.3) is 0 Å². The molecular weight excluding hydrogens is 622 g/mol. The number of allylic oxidation sites excluding steroid dienone is 2. The van der Waals surface area contributed by atoms with Crippen molar-refractivity contribution in [3.8, 4) is 5.75 Å². The first-order chi connectivity index (χ1) is 20.2. The van der Waals surface area contributed by atoms with Gasteiger partial charge in [-0.05, 0) is 42.9 Å². The number of aromatic hydroxyl groups is 1. The lowest BCUT2D eigenvalue weighted by molar-refractivity contribution is -0.140. The molecule has 2 aliphatic carbocycles. The van der Waals surface area contributed by atoms with E-state index in [1.165, 1.54) is 24.3 Å². The number of phenols is 1. The number of rotatable bonds is 4. The Bertz CT molecular complexity index is 1660. The fourth-order valence-corrected chi connectivity index (χ4v) is 8.09. The van der Waals surface area contributed by atoms with Gasteiger partial charge in [0.05, 0.1) is 11.8 Å². The molecule has 1 saturated carbocycles. The predicted octanol–water partition coefficient (Wildman–Crippen LogP) is 5.06. The van der Waals surface area contributed by atoms with Crippen LogP contribution in [0.5, 0.6) is 5.75 Å². The number of carbonyl (C=O) groups is 4. The van der Waals surface area contributed by atoms with Crippen LogP contribution in [0.2, 0.25) is 0 Å². The number of nitrogens with zero attached hydrogens (tertiary/aromatic N) is 2. The smallest absolute Gasteiger partial charge is 0.258 e. The van der Waals surface area contributed by atoms with Crippen molar-refractivity contribution >= 4 is 52.5 Å². The largest absolute Gasteiger partial charge is 0.508 e. The molecule has 0 radical (unpaired) electrons. The number of hydrogen-bond acceptors (Lipinski definition) is 5. The number of imide groups is 2. The first-order valence-electron chi connectivity index (χ1n) is 13.3. The zero-order chi connectivity index (χ0) is 31.3. The number of benzene rings is 2. The number of hydrogen-bond donors (Lipinski definition) is 1. The van der Waals surface area contributed by atoms with Crippen molar-refractivity contribution in [2.24, 2.45) is 17.8 Å². The summed E-state index contributed by atoms with van der Waals surface area (Å²) in [4.78, 5) is 50.5. The van der Waals surface area contributed by atoms with E-state index in [1.807, 2.05) is 0 Å². The Morgan fingerprint density at radius 2 is 1.53 bits per heavy atom. The highest BCUT2D eigenvalue weighted by Gasteiger charge is 2.77. The summed E-state index contributed by atoms with van der Waals surface area (Å²) >= 11 is 14.0. The Balaban J connectivity index is 1.59. The van der Waals surface area contributed by atoms with E-state index in [9.17, 15) is 46.2 Å². The van der Waals surface area contributed by atoms with Gasteiger partial charge in [0.1, 0.15) is 11.4 Å². The quantitative estimate of drug-likeness (QED) is 0.126. The molecule has 6 rings (SSSR count). The number of alkyl halides is 2. The van der Waals surface area contributed by atoms with Gasteiger partial charge in [0.15, 0.2) is 33.0 Å². The van der Waals surface area contributed by atoms with Gasteiger partial charge in [-0.3, -0.25) is 24.1 Å². The molecular formula is C29H21Cl2F5N2O5. The molecule has 7 nitrogen and oxygen atoms in total. The maximum Gasteiger partial charge on any atom is 0.258 e. The third-order valence-electron chi connectivity index (χ3n) is 8.96. The minimum atomic E-state index is -2.62. The van der Waals surface area contributed by atoms with Crippen molar-refractivity contribution in [3.63, 3.8) is 0 Å². The van der Waals surface area contributed by atoms with E-state index in [4.69, 9.17) is 23.2 Å². The van der Waals surface area contributed by atoms with Gasteiger partial charge in [-0.25, -0.2) is 26.9 Å². The van der Waals surface area contributed by atoms with Gasteiger partial charge >= 0.3 is 0 Å². The molecule has 0 spiro atoms. The van der Waals surface area contributed by atoms with E-state index in [-0.39, 0.29) is 29.2 Å². The summed E-state index contributed by atoms with van der Waals surface area (Å²) in [6.45, 7) is 1.91. The Morgan fingerprint density at radius 3 is 2.14 bits per heavy atom. The molecule has 0 aromatic heterocycles. The van der Waals surface area contributed by atoms with Gasteiger partial charge in [-0.1, -0.05) is 30.7 Å². The minimum absolute atomic E-state index is 0.0579. The topological polar surface area (TPSA) is 95.0 Å². The average Bonchev–Trinajstić information content (AvgIpc) is 3.29. The van der Waals surface area contributed by atoms with E-state index >= 15 is 0 Å². The molecule has 0 unspecified atom stereocenters. The summed E-state index contributed by atoms with van der Waals surface area (Å²) in [6, 6.07) is 5.34. The third kappa shape index (κ3) is 3.65. The number of phenolic OH excluding ortho intramolecular Hbond substituents is 1. The average molecular weight is 643 g/mol. The number of halogens is 7. The van der Waals surface area contributed by atoms with Crippen molar-refractivity contribution in [2.45, 2.75) is 41.9 Å². The maximum atomic E-state index is 15.0. The molecule has 2 saturated heterocycles. The summed E-state index contributed by atoms with van der Waals surface area (Å²) < 4.78 is 72.3. The number of fused-ring (bicyclic) bond motifs is 4. The Labute approximate surface area is 250 Å². The Hall–Kier alpha value is -3.51. The maximum absolute atomic E-state index is 15.0. The molecule has 0 bridgehead atoms. The highest BCUT2D eigenvalue weighted by Crippen LogP contribution is 2.66. The van der Waals surface area contributed by atoms with Gasteiger partial charge in [0.2, 0.25) is 17.6 Å². The van der Waals surface area contributed by atoms with E-state index in [2.05, 4.69) is 0 Å². The van der Waals surface area contributed by atoms with Crippen LogP contribution >= 0.6 is 23.2 Å². The molecule has 1 N–H and O–H groups in total. The summed E-state index contributed by atoms with van der Waals surface area (Å²) in [5.41, 5.74) is -1.40. The van der Waals surface area contributed by atoms with Gasteiger partial charge in [-0.15, -0.1) is 23.2 Å². The van der Waals surface area contributed by atoms with E-state index in [0.717, 1.165) is 4.90 Å². The lowest BCUT2D eigenvalue weighted by atomic mass is 9.56. The molecule has 2 aromatic rings. The molecule has 2 aliphatic heterocycles. The second-order valence-corrected chi connectivity index (χ2v) is 12.4. The van der Waals surface area contributed by atoms with Gasteiger partial charge in [-0.2, -0.15) is 0 Å². The highest BCUT2D eigenvalue weighted by atomic mass is 35.5. The molecule has 6 atom stereocenters. The van der Waals surface area contributed by atoms with Crippen LogP contribution in [0.1, 0.15) is 37.7 Å². The zero-order valence-corrected chi connectivity index (χ0v) is 23.7. The first-order valence-corrected chi connectivity index (χ1v) is 14.1. The lowest BCUT2D eigenvalue weighted by Gasteiger charge is -2.50. The van der Waals surface area contributed by atoms with Crippen molar-refractivity contribution in [2.75, 3.05) is 11.4 Å². The van der Waals surface area contributed by atoms with Crippen molar-refractivity contribution in [1.29, 1.82) is 0 Å². The van der Waals surface area contributed by atoms with Crippen LogP contribution in [-0.2, 0) is 19.2 Å². The molecule has 2 heterocycles. The molecule has 2 aromatic carbocycles. The summed E-state index contributed by atoms with van der Waals surface area (Å²) in [7, 11) is 0. The predicted molar refractivity (Wildman–Crippen MR) is 142 cm³/mol. The Kier molecular flexibility index (Phi) is 6.70. The number of likely N-dealkylation sites (tertiary alicyclic amines) is 1. The molecule has 226 valence electrons. The summed E-state index contributed by atoms with van der Waals surface area (Å²) in [6.07, 6.45) is 1.56. The fraction of sp³-hybridized carbons (Fsp3) is 0.379. The Morgan fingerprint density at radius 1 is 0.907 bits per heavy atom. The lowest BCUT2D eigenvalue weighted by Crippen LogP contribution is -2.60. The number of anilines is 1. The van der Waals surface area contributed by atoms with Crippen LogP contribution in [-0.4, -0.2) is 49.9 Å².